The highest BCUT2D eigenvalue weighted by atomic mass is 16.5. The van der Waals surface area contributed by atoms with Crippen molar-refractivity contribution in [3.05, 3.63) is 83.7 Å². The number of carbonyl (C=O) groups is 3. The van der Waals surface area contributed by atoms with Crippen molar-refractivity contribution in [1.29, 1.82) is 0 Å². The van der Waals surface area contributed by atoms with Crippen LogP contribution in [0.2, 0.25) is 0 Å². The van der Waals surface area contributed by atoms with Crippen molar-refractivity contribution in [3.8, 4) is 34.0 Å². The second-order valence-electron chi connectivity index (χ2n) is 17.4. The summed E-state index contributed by atoms with van der Waals surface area (Å²) in [7, 11) is 2.62. The number of nitrogens with one attached hydrogen (secondary N) is 4. The number of H-pyrrole nitrogens is 2. The number of likely N-dealkylation sites (tertiary alicyclic amines) is 2. The Morgan fingerprint density at radius 2 is 1.47 bits per heavy atom. The quantitative estimate of drug-likeness (QED) is 0.0821. The third-order valence-corrected chi connectivity index (χ3v) is 12.9. The summed E-state index contributed by atoms with van der Waals surface area (Å²) >= 11 is 0. The summed E-state index contributed by atoms with van der Waals surface area (Å²) in [5, 5.41) is 19.2. The molecule has 15 nitrogen and oxygen atoms in total. The number of amides is 3. The lowest BCUT2D eigenvalue weighted by Gasteiger charge is -2.35. The zero-order valence-electron chi connectivity index (χ0n) is 36.5. The zero-order chi connectivity index (χ0) is 43.8. The van der Waals surface area contributed by atoms with Crippen molar-refractivity contribution >= 4 is 28.9 Å². The highest BCUT2D eigenvalue weighted by molar-refractivity contribution is 5.93. The zero-order valence-corrected chi connectivity index (χ0v) is 36.5. The summed E-state index contributed by atoms with van der Waals surface area (Å²) in [5.41, 5.74) is 5.94. The second kappa shape index (κ2) is 17.8. The minimum absolute atomic E-state index is 0.0189. The lowest BCUT2D eigenvalue weighted by Crippen LogP contribution is -2.54. The number of imidazole rings is 2. The molecule has 3 aliphatic rings. The van der Waals surface area contributed by atoms with Crippen LogP contribution in [0.5, 0.6) is 11.5 Å². The fourth-order valence-electron chi connectivity index (χ4n) is 9.61. The number of aliphatic hydroxyl groups excluding tert-OH is 1. The molecule has 0 spiro atoms. The van der Waals surface area contributed by atoms with Gasteiger partial charge >= 0.3 is 12.2 Å². The number of aromatic amines is 2. The normalized spacial score (nSPS) is 20.1. The Balaban J connectivity index is 1.00. The Labute approximate surface area is 361 Å². The summed E-state index contributed by atoms with van der Waals surface area (Å²) in [6, 6.07) is 15.4. The maximum atomic E-state index is 13.7. The SMILES string of the molecule is CCC1c2ccc(-c3cnc([C@@H]4CCCN4C(O)[C@@H](NC(=O)OC)C(C)C)[nH]3)cc2Oc2ccc3cc(-c4cnc([C@@H]5CCCN5C(=O)[C@@H](NC(=O)OC)C(C)C)[nH]4)ccc3c21. The van der Waals surface area contributed by atoms with Crippen LogP contribution in [0.3, 0.4) is 0 Å². The Morgan fingerprint density at radius 1 is 0.823 bits per heavy atom. The third kappa shape index (κ3) is 8.11. The summed E-state index contributed by atoms with van der Waals surface area (Å²) in [6.45, 7) is 11.2. The minimum atomic E-state index is -0.909. The molecule has 0 radical (unpaired) electrons. The number of fused-ring (bicyclic) bond motifs is 4. The molecule has 2 saturated heterocycles. The van der Waals surface area contributed by atoms with Crippen LogP contribution >= 0.6 is 0 Å². The lowest BCUT2D eigenvalue weighted by molar-refractivity contribution is -0.135. The van der Waals surface area contributed by atoms with Gasteiger partial charge in [0.1, 0.15) is 35.4 Å². The van der Waals surface area contributed by atoms with Gasteiger partial charge in [0.05, 0.1) is 56.1 Å². The number of hydrogen-bond acceptors (Lipinski definition) is 10. The highest BCUT2D eigenvalue weighted by Gasteiger charge is 2.40. The van der Waals surface area contributed by atoms with Crippen molar-refractivity contribution in [3.63, 3.8) is 0 Å². The highest BCUT2D eigenvalue weighted by Crippen LogP contribution is 2.50. The van der Waals surface area contributed by atoms with E-state index in [9.17, 15) is 19.5 Å². The standard InChI is InChI=1S/C47H58N8O7/c1-8-30-32-17-14-29(34-24-49-43(51-34)36-12-10-20-55(36)45(57)41(26(4)5)53-47(59)61-7)22-38(32)62-37-18-15-27-21-28(13-16-31(27)39(30)37)33-23-48-42(50-33)35-11-9-19-54(35)44(56)40(25(2)3)52-46(58)60-6/h13-18,21-26,30,35-36,40-41,45,57H,8-12,19-20H2,1-7H3,(H,48,50)(H,49,51)(H,52,58)(H,53,59)/t30?,35-,36-,40-,41-,45?/m0/s1. The van der Waals surface area contributed by atoms with Crippen LogP contribution in [-0.4, -0.2) is 98.6 Å². The molecule has 5 aromatic rings. The van der Waals surface area contributed by atoms with Gasteiger partial charge in [-0.1, -0.05) is 65.0 Å². The predicted octanol–water partition coefficient (Wildman–Crippen LogP) is 8.15. The van der Waals surface area contributed by atoms with E-state index < -0.39 is 30.5 Å². The number of aromatic nitrogens is 4. The van der Waals surface area contributed by atoms with E-state index in [1.54, 1.807) is 0 Å². The largest absolute Gasteiger partial charge is 0.457 e. The van der Waals surface area contributed by atoms with Crippen LogP contribution in [0.25, 0.3) is 33.3 Å². The maximum absolute atomic E-state index is 13.7. The first-order chi connectivity index (χ1) is 29.9. The number of aliphatic hydroxyl groups is 1. The first kappa shape index (κ1) is 42.7. The Hall–Kier alpha value is -5.93. The van der Waals surface area contributed by atoms with Gasteiger partial charge in [-0.2, -0.15) is 0 Å². The molecule has 15 heteroatoms. The molecule has 8 rings (SSSR count). The van der Waals surface area contributed by atoms with Gasteiger partial charge in [-0.05, 0) is 72.9 Å². The lowest BCUT2D eigenvalue weighted by atomic mass is 9.82. The van der Waals surface area contributed by atoms with Crippen LogP contribution in [0, 0.1) is 11.8 Å². The van der Waals surface area contributed by atoms with Gasteiger partial charge in [0.15, 0.2) is 0 Å². The Bertz CT molecular complexity index is 2440. The van der Waals surface area contributed by atoms with E-state index in [4.69, 9.17) is 24.2 Å². The molecule has 2 fully saturated rings. The number of methoxy groups -OCH3 is 2. The summed E-state index contributed by atoms with van der Waals surface area (Å²) in [4.78, 5) is 58.2. The van der Waals surface area contributed by atoms with Gasteiger partial charge in [0, 0.05) is 41.3 Å². The van der Waals surface area contributed by atoms with E-state index in [1.807, 2.05) is 49.9 Å². The van der Waals surface area contributed by atoms with E-state index in [-0.39, 0.29) is 35.7 Å². The fourth-order valence-corrected chi connectivity index (χ4v) is 9.61. The molecule has 328 valence electrons. The monoisotopic (exact) mass is 846 g/mol. The van der Waals surface area contributed by atoms with Crippen molar-refractivity contribution in [2.75, 3.05) is 27.3 Å². The molecule has 0 bridgehead atoms. The van der Waals surface area contributed by atoms with Crippen LogP contribution in [0.1, 0.15) is 108 Å². The maximum Gasteiger partial charge on any atom is 0.407 e. The molecule has 3 aromatic carbocycles. The molecule has 62 heavy (non-hydrogen) atoms. The smallest absolute Gasteiger partial charge is 0.407 e. The van der Waals surface area contributed by atoms with E-state index in [1.165, 1.54) is 14.2 Å². The van der Waals surface area contributed by atoms with E-state index in [2.05, 4.69) is 76.1 Å². The van der Waals surface area contributed by atoms with E-state index in [0.29, 0.717) is 13.1 Å². The molecule has 0 saturated carbocycles. The molecule has 6 atom stereocenters. The number of nitrogens with zero attached hydrogens (tertiary/aromatic N) is 4. The summed E-state index contributed by atoms with van der Waals surface area (Å²) in [5.74, 6) is 2.98. The molecular weight excluding hydrogens is 789 g/mol. The summed E-state index contributed by atoms with van der Waals surface area (Å²) < 4.78 is 16.3. The van der Waals surface area contributed by atoms with Gasteiger partial charge in [-0.15, -0.1) is 0 Å². The minimum Gasteiger partial charge on any atom is -0.457 e. The number of benzene rings is 3. The topological polar surface area (TPSA) is 187 Å². The fraction of sp³-hybridized carbons (Fsp3) is 0.468. The first-order valence-electron chi connectivity index (χ1n) is 21.8. The molecule has 3 aliphatic heterocycles. The van der Waals surface area contributed by atoms with Crippen LogP contribution in [-0.2, 0) is 14.3 Å². The van der Waals surface area contributed by atoms with Crippen molar-refractivity contribution in [2.45, 2.75) is 103 Å². The Morgan fingerprint density at radius 3 is 2.15 bits per heavy atom. The number of carbonyl (C=O) groups excluding carboxylic acids is 3. The van der Waals surface area contributed by atoms with E-state index in [0.717, 1.165) is 99.7 Å². The van der Waals surface area contributed by atoms with Gasteiger partial charge in [0.2, 0.25) is 5.91 Å². The molecule has 2 unspecified atom stereocenters. The average Bonchev–Trinajstić information content (AvgIpc) is 4.12. The summed E-state index contributed by atoms with van der Waals surface area (Å²) in [6.07, 6.45) is 5.79. The van der Waals surface area contributed by atoms with Crippen molar-refractivity contribution < 1.29 is 33.7 Å². The number of alkyl carbamates (subject to hydrolysis) is 2. The molecule has 5 N–H and O–H groups in total. The second-order valence-corrected chi connectivity index (χ2v) is 17.4. The van der Waals surface area contributed by atoms with Crippen LogP contribution in [0.15, 0.2) is 60.9 Å². The number of hydrogen-bond donors (Lipinski definition) is 5. The van der Waals surface area contributed by atoms with Crippen LogP contribution < -0.4 is 15.4 Å². The van der Waals surface area contributed by atoms with Crippen molar-refractivity contribution in [1.82, 2.24) is 40.4 Å². The molecule has 3 amide bonds. The molecule has 0 aliphatic carbocycles. The molecular formula is C47H58N8O7. The third-order valence-electron chi connectivity index (χ3n) is 12.9. The van der Waals surface area contributed by atoms with Gasteiger partial charge in [-0.25, -0.2) is 19.6 Å². The van der Waals surface area contributed by atoms with Crippen LogP contribution in [0.4, 0.5) is 9.59 Å². The average molecular weight is 847 g/mol. The first-order valence-corrected chi connectivity index (χ1v) is 21.8. The molecule has 5 heterocycles. The van der Waals surface area contributed by atoms with Gasteiger partial charge in [-0.3, -0.25) is 9.69 Å². The van der Waals surface area contributed by atoms with Crippen molar-refractivity contribution in [2.24, 2.45) is 11.8 Å². The number of rotatable bonds is 12. The molecule has 2 aromatic heterocycles. The predicted molar refractivity (Wildman–Crippen MR) is 234 cm³/mol. The van der Waals surface area contributed by atoms with Gasteiger partial charge in [0.25, 0.3) is 0 Å². The van der Waals surface area contributed by atoms with Gasteiger partial charge < -0.3 is 44.8 Å². The Kier molecular flexibility index (Phi) is 12.3. The van der Waals surface area contributed by atoms with E-state index >= 15 is 0 Å². The number of ether oxygens (including phenoxy) is 3.